The van der Waals surface area contributed by atoms with Gasteiger partial charge in [-0.2, -0.15) is 0 Å². The number of ether oxygens (including phenoxy) is 1. The fourth-order valence-electron chi connectivity index (χ4n) is 1.85. The average molecular weight is 252 g/mol. The normalized spacial score (nSPS) is 13.2. The van der Waals surface area contributed by atoms with Crippen molar-refractivity contribution < 1.29 is 4.74 Å². The van der Waals surface area contributed by atoms with Gasteiger partial charge in [-0.1, -0.05) is 20.8 Å². The van der Waals surface area contributed by atoms with Crippen molar-refractivity contribution in [3.63, 3.8) is 0 Å². The highest BCUT2D eigenvalue weighted by molar-refractivity contribution is 5.08. The lowest BCUT2D eigenvalue weighted by molar-refractivity contribution is 0.116. The van der Waals surface area contributed by atoms with Gasteiger partial charge in [-0.3, -0.25) is 0 Å². The van der Waals surface area contributed by atoms with E-state index in [0.29, 0.717) is 0 Å². The summed E-state index contributed by atoms with van der Waals surface area (Å²) < 4.78 is 7.91. The lowest BCUT2D eigenvalue weighted by Crippen LogP contribution is -2.23. The van der Waals surface area contributed by atoms with Crippen molar-refractivity contribution >= 4 is 0 Å². The molecule has 0 spiro atoms. The van der Waals surface area contributed by atoms with Crippen LogP contribution in [0.3, 0.4) is 0 Å². The van der Waals surface area contributed by atoms with Gasteiger partial charge in [0.2, 0.25) is 0 Å². The van der Waals surface area contributed by atoms with Crippen molar-refractivity contribution in [3.05, 3.63) is 24.0 Å². The van der Waals surface area contributed by atoms with Crippen LogP contribution in [-0.4, -0.2) is 23.8 Å². The molecule has 104 valence electrons. The molecule has 0 amide bonds. The van der Waals surface area contributed by atoms with Gasteiger partial charge in [-0.25, -0.2) is 0 Å². The van der Waals surface area contributed by atoms with Crippen molar-refractivity contribution in [2.45, 2.75) is 52.6 Å². The Morgan fingerprint density at radius 1 is 1.33 bits per heavy atom. The van der Waals surface area contributed by atoms with Crippen LogP contribution in [0.2, 0.25) is 0 Å². The largest absolute Gasteiger partial charge is 0.380 e. The summed E-state index contributed by atoms with van der Waals surface area (Å²) in [5.41, 5.74) is 7.31. The van der Waals surface area contributed by atoms with Gasteiger partial charge >= 0.3 is 0 Å². The second-order valence-electron chi connectivity index (χ2n) is 5.36. The van der Waals surface area contributed by atoms with Gasteiger partial charge in [0.25, 0.3) is 0 Å². The Morgan fingerprint density at radius 3 is 2.78 bits per heavy atom. The van der Waals surface area contributed by atoms with Crippen LogP contribution in [-0.2, 0) is 17.7 Å². The molecular weight excluding hydrogens is 224 g/mol. The van der Waals surface area contributed by atoms with E-state index in [0.717, 1.165) is 44.9 Å². The van der Waals surface area contributed by atoms with Crippen LogP contribution in [0, 0.1) is 5.92 Å². The van der Waals surface area contributed by atoms with Crippen LogP contribution in [0.25, 0.3) is 0 Å². The van der Waals surface area contributed by atoms with Gasteiger partial charge in [-0.15, -0.1) is 0 Å². The molecule has 0 aromatic carbocycles. The van der Waals surface area contributed by atoms with Crippen molar-refractivity contribution in [2.24, 2.45) is 11.7 Å². The fraction of sp³-hybridized carbons (Fsp3) is 0.733. The average Bonchev–Trinajstić information content (AvgIpc) is 2.75. The third kappa shape index (κ3) is 5.69. The third-order valence-corrected chi connectivity index (χ3v) is 3.24. The number of rotatable bonds is 9. The molecule has 0 aliphatic rings. The predicted molar refractivity (Wildman–Crippen MR) is 76.7 cm³/mol. The van der Waals surface area contributed by atoms with Gasteiger partial charge in [0.05, 0.1) is 6.61 Å². The van der Waals surface area contributed by atoms with Gasteiger partial charge in [0.1, 0.15) is 0 Å². The summed E-state index contributed by atoms with van der Waals surface area (Å²) in [4.78, 5) is 0. The Balaban J connectivity index is 2.27. The van der Waals surface area contributed by atoms with Gasteiger partial charge in [0.15, 0.2) is 0 Å². The third-order valence-electron chi connectivity index (χ3n) is 3.24. The zero-order valence-corrected chi connectivity index (χ0v) is 12.1. The van der Waals surface area contributed by atoms with E-state index in [1.54, 1.807) is 0 Å². The Hall–Kier alpha value is -0.800. The van der Waals surface area contributed by atoms with Crippen molar-refractivity contribution in [2.75, 3.05) is 13.2 Å². The summed E-state index contributed by atoms with van der Waals surface area (Å²) >= 11 is 0. The summed E-state index contributed by atoms with van der Waals surface area (Å²) in [5, 5.41) is 0. The van der Waals surface area contributed by atoms with Gasteiger partial charge in [0, 0.05) is 37.5 Å². The van der Waals surface area contributed by atoms with Crippen LogP contribution in [0.1, 0.15) is 39.3 Å². The Bertz CT molecular complexity index is 320. The number of nitrogens with two attached hydrogens (primary N) is 1. The lowest BCUT2D eigenvalue weighted by Gasteiger charge is -2.13. The maximum absolute atomic E-state index is 6.00. The molecule has 1 heterocycles. The highest BCUT2D eigenvalue weighted by Crippen LogP contribution is 2.07. The summed E-state index contributed by atoms with van der Waals surface area (Å²) in [5.74, 6) is 0.717. The molecule has 0 saturated heterocycles. The molecule has 1 rings (SSSR count). The Labute approximate surface area is 111 Å². The maximum atomic E-state index is 6.00. The highest BCUT2D eigenvalue weighted by Gasteiger charge is 2.05. The summed E-state index contributed by atoms with van der Waals surface area (Å²) in [6.07, 6.45) is 5.23. The monoisotopic (exact) mass is 252 g/mol. The minimum atomic E-state index is 0.264. The van der Waals surface area contributed by atoms with E-state index >= 15 is 0 Å². The molecule has 1 atom stereocenters. The molecule has 18 heavy (non-hydrogen) atoms. The maximum Gasteiger partial charge on any atom is 0.0645 e. The highest BCUT2D eigenvalue weighted by atomic mass is 16.5. The number of hydrogen-bond acceptors (Lipinski definition) is 2. The molecule has 0 aliphatic carbocycles. The molecule has 1 aromatic rings. The number of aromatic nitrogens is 1. The Kier molecular flexibility index (Phi) is 7.06. The smallest absolute Gasteiger partial charge is 0.0645 e. The topological polar surface area (TPSA) is 40.2 Å². The molecule has 2 N–H and O–H groups in total. The number of nitrogens with zero attached hydrogens (tertiary/aromatic N) is 1. The molecule has 0 aliphatic heterocycles. The second kappa shape index (κ2) is 8.33. The zero-order valence-electron chi connectivity index (χ0n) is 12.1. The molecule has 1 aromatic heterocycles. The first kappa shape index (κ1) is 15.3. The van der Waals surface area contributed by atoms with Crippen molar-refractivity contribution in [3.8, 4) is 0 Å². The quantitative estimate of drug-likeness (QED) is 0.687. The zero-order chi connectivity index (χ0) is 13.4. The number of hydrogen-bond donors (Lipinski definition) is 1. The van der Waals surface area contributed by atoms with E-state index in [-0.39, 0.29) is 6.04 Å². The lowest BCUT2D eigenvalue weighted by atomic mass is 10.1. The Morgan fingerprint density at radius 2 is 2.11 bits per heavy atom. The molecular formula is C15H28N2O. The van der Waals surface area contributed by atoms with Crippen LogP contribution in [0.15, 0.2) is 18.3 Å². The van der Waals surface area contributed by atoms with Crippen LogP contribution in [0.4, 0.5) is 0 Å². The first-order chi connectivity index (χ1) is 8.63. The summed E-state index contributed by atoms with van der Waals surface area (Å²) in [7, 11) is 0. The van der Waals surface area contributed by atoms with E-state index in [1.165, 1.54) is 5.69 Å². The van der Waals surface area contributed by atoms with Crippen LogP contribution in [0.5, 0.6) is 0 Å². The minimum Gasteiger partial charge on any atom is -0.380 e. The minimum absolute atomic E-state index is 0.264. The predicted octanol–water partition coefficient (Wildman–Crippen LogP) is 2.83. The molecule has 3 nitrogen and oxygen atoms in total. The molecule has 0 saturated carbocycles. The van der Waals surface area contributed by atoms with E-state index in [2.05, 4.69) is 43.7 Å². The van der Waals surface area contributed by atoms with E-state index in [9.17, 15) is 0 Å². The first-order valence-corrected chi connectivity index (χ1v) is 7.10. The molecule has 0 radical (unpaired) electrons. The SMILES string of the molecule is CCC(N)Cc1cccn1CCOCCC(C)C. The van der Waals surface area contributed by atoms with Crippen molar-refractivity contribution in [1.29, 1.82) is 0 Å². The molecule has 3 heteroatoms. The van der Waals surface area contributed by atoms with Gasteiger partial charge < -0.3 is 15.0 Å². The summed E-state index contributed by atoms with van der Waals surface area (Å²) in [6.45, 7) is 9.15. The van der Waals surface area contributed by atoms with E-state index in [4.69, 9.17) is 10.5 Å². The standard InChI is InChI=1S/C15H28N2O/c1-4-14(16)12-15-6-5-8-17(15)9-11-18-10-7-13(2)3/h5-6,8,13-14H,4,7,9-12,16H2,1-3H3. The van der Waals surface area contributed by atoms with Gasteiger partial charge in [-0.05, 0) is 30.9 Å². The fourth-order valence-corrected chi connectivity index (χ4v) is 1.85. The molecule has 0 bridgehead atoms. The molecule has 1 unspecified atom stereocenters. The van der Waals surface area contributed by atoms with Crippen LogP contribution >= 0.6 is 0 Å². The first-order valence-electron chi connectivity index (χ1n) is 7.10. The van der Waals surface area contributed by atoms with Crippen LogP contribution < -0.4 is 5.73 Å². The summed E-state index contributed by atoms with van der Waals surface area (Å²) in [6, 6.07) is 4.51. The van der Waals surface area contributed by atoms with Crippen molar-refractivity contribution in [1.82, 2.24) is 4.57 Å². The molecule has 0 fully saturated rings. The van der Waals surface area contributed by atoms with E-state index < -0.39 is 0 Å². The van der Waals surface area contributed by atoms with E-state index in [1.807, 2.05) is 0 Å². The second-order valence-corrected chi connectivity index (χ2v) is 5.36.